The molecule has 8 aromatic carbocycles. The van der Waals surface area contributed by atoms with Crippen molar-refractivity contribution in [2.24, 2.45) is 0 Å². The monoisotopic (exact) mass is 635 g/mol. The van der Waals surface area contributed by atoms with Gasteiger partial charge < -0.3 is 0 Å². The summed E-state index contributed by atoms with van der Waals surface area (Å²) in [6.45, 7) is -2.90. The van der Waals surface area contributed by atoms with Gasteiger partial charge in [-0.3, -0.25) is 4.57 Å². The Bertz CT molecular complexity index is 3040. The van der Waals surface area contributed by atoms with Crippen molar-refractivity contribution in [3.8, 4) is 27.9 Å². The first-order valence-corrected chi connectivity index (χ1v) is 16.9. The molecule has 2 aromatic heterocycles. The normalized spacial score (nSPS) is 14.0. The number of rotatable bonds is 4. The second kappa shape index (κ2) is 10.6. The zero-order valence-electron chi connectivity index (χ0n) is 30.7. The summed E-state index contributed by atoms with van der Waals surface area (Å²) in [5.74, 6) is -0.140. The molecule has 10 rings (SSSR count). The van der Waals surface area contributed by atoms with E-state index in [2.05, 4.69) is 114 Å². The first kappa shape index (κ1) is 22.7. The largest absolute Gasteiger partial charge is 0.296 e. The van der Waals surface area contributed by atoms with E-state index in [0.717, 1.165) is 16.3 Å². The van der Waals surface area contributed by atoms with Crippen LogP contribution in [-0.2, 0) is 6.37 Å². The van der Waals surface area contributed by atoms with Crippen molar-refractivity contribution in [3.63, 3.8) is 0 Å². The Kier molecular flexibility index (Phi) is 5.03. The van der Waals surface area contributed by atoms with Gasteiger partial charge in [-0.25, -0.2) is 4.98 Å². The maximum atomic E-state index is 8.61. The fourth-order valence-electron chi connectivity index (χ4n) is 7.53. The second-order valence-corrected chi connectivity index (χ2v) is 13.4. The summed E-state index contributed by atoms with van der Waals surface area (Å²) in [7, 11) is 0. The van der Waals surface area contributed by atoms with Crippen LogP contribution in [0.5, 0.6) is 0 Å². The molecule has 0 bridgehead atoms. The maximum absolute atomic E-state index is 8.61. The summed E-state index contributed by atoms with van der Waals surface area (Å²) < 4.78 is 45.4. The molecule has 0 N–H and O–H groups in total. The topological polar surface area (TPSA) is 17.8 Å². The van der Waals surface area contributed by atoms with Crippen LogP contribution >= 0.6 is 11.3 Å². The highest BCUT2D eigenvalue weighted by Gasteiger charge is 2.18. The molecule has 0 amide bonds. The summed E-state index contributed by atoms with van der Waals surface area (Å²) in [4.78, 5) is 4.50. The number of thiophene rings is 1. The van der Waals surface area contributed by atoms with Crippen LogP contribution in [-0.4, -0.2) is 9.55 Å². The number of imidazole rings is 1. The molecular weight excluding hydrogens is 601 g/mol. The van der Waals surface area contributed by atoms with Crippen LogP contribution in [0.25, 0.3) is 91.5 Å². The predicted molar refractivity (Wildman–Crippen MR) is 207 cm³/mol. The summed E-state index contributed by atoms with van der Waals surface area (Å²) >= 11 is 1.83. The van der Waals surface area contributed by atoms with Crippen molar-refractivity contribution in [3.05, 3.63) is 157 Å². The summed E-state index contributed by atoms with van der Waals surface area (Å²) in [5, 5.41) is 9.26. The maximum Gasteiger partial charge on any atom is 0.114 e. The molecule has 0 atom stereocenters. The Morgan fingerprint density at radius 2 is 1.15 bits per heavy atom. The van der Waals surface area contributed by atoms with Crippen LogP contribution in [0.1, 0.15) is 19.5 Å². The lowest BCUT2D eigenvalue weighted by Gasteiger charge is -2.18. The van der Waals surface area contributed by atoms with Crippen molar-refractivity contribution < 1.29 is 6.85 Å². The van der Waals surface area contributed by atoms with Crippen LogP contribution in [0.2, 0.25) is 0 Å². The van der Waals surface area contributed by atoms with Gasteiger partial charge in [0.15, 0.2) is 0 Å². The summed E-state index contributed by atoms with van der Waals surface area (Å²) in [5.41, 5.74) is 6.52. The lowest BCUT2D eigenvalue weighted by atomic mass is 9.85. The van der Waals surface area contributed by atoms with E-state index < -0.39 is 13.2 Å². The smallest absolute Gasteiger partial charge is 0.114 e. The molecule has 0 fully saturated rings. The number of aryl methyl sites for hydroxylation is 1. The van der Waals surface area contributed by atoms with E-state index in [4.69, 9.17) is 6.85 Å². The standard InChI is InChI=1S/C45H30N2S/c1-2-43-46-39-16-8-9-17-40(39)47(43)32-23-21-28-25-30(20-19-29(28)26-32)44-34-12-3-5-14-36(34)45(37-15-6-4-13-35(37)44)31-22-24-42-38(27-31)33-11-7-10-18-41(33)48-42/h3-27H,2H2,1H3/i1D3,2D2. The van der Waals surface area contributed by atoms with Gasteiger partial charge in [0.25, 0.3) is 0 Å². The molecule has 2 heterocycles. The van der Waals surface area contributed by atoms with E-state index in [-0.39, 0.29) is 5.82 Å². The van der Waals surface area contributed by atoms with E-state index in [1.54, 1.807) is 10.6 Å². The first-order valence-electron chi connectivity index (χ1n) is 18.5. The molecule has 2 nitrogen and oxygen atoms in total. The number of benzene rings is 8. The molecule has 0 spiro atoms. The second-order valence-electron chi connectivity index (χ2n) is 12.3. The van der Waals surface area contributed by atoms with Crippen molar-refractivity contribution >= 4 is 74.9 Å². The average molecular weight is 636 g/mol. The van der Waals surface area contributed by atoms with E-state index in [1.165, 1.54) is 58.4 Å². The number of aromatic nitrogens is 2. The Morgan fingerprint density at radius 1 is 0.562 bits per heavy atom. The lowest BCUT2D eigenvalue weighted by Crippen LogP contribution is -2.00. The fourth-order valence-corrected chi connectivity index (χ4v) is 8.62. The van der Waals surface area contributed by atoms with Gasteiger partial charge in [0, 0.05) is 39.1 Å². The van der Waals surface area contributed by atoms with Crippen LogP contribution in [0.4, 0.5) is 0 Å². The molecule has 0 unspecified atom stereocenters. The first-order chi connectivity index (χ1) is 25.7. The van der Waals surface area contributed by atoms with E-state index in [9.17, 15) is 0 Å². The molecule has 3 heteroatoms. The number of hydrogen-bond acceptors (Lipinski definition) is 2. The minimum atomic E-state index is -2.90. The van der Waals surface area contributed by atoms with Gasteiger partial charge in [0.1, 0.15) is 5.82 Å². The molecule has 0 aliphatic rings. The highest BCUT2D eigenvalue weighted by Crippen LogP contribution is 2.45. The Hall–Kier alpha value is -5.77. The molecule has 0 aliphatic heterocycles. The molecule has 0 radical (unpaired) electrons. The summed E-state index contributed by atoms with van der Waals surface area (Å²) in [6.07, 6.45) is -2.66. The van der Waals surface area contributed by atoms with Crippen molar-refractivity contribution in [1.29, 1.82) is 0 Å². The molecule has 0 saturated carbocycles. The van der Waals surface area contributed by atoms with Gasteiger partial charge in [0.2, 0.25) is 0 Å². The van der Waals surface area contributed by atoms with E-state index in [1.807, 2.05) is 47.7 Å². The van der Waals surface area contributed by atoms with Gasteiger partial charge in [0.05, 0.1) is 11.0 Å². The van der Waals surface area contributed by atoms with Gasteiger partial charge in [-0.1, -0.05) is 110 Å². The highest BCUT2D eigenvalue weighted by molar-refractivity contribution is 7.25. The van der Waals surface area contributed by atoms with E-state index >= 15 is 0 Å². The molecule has 0 saturated heterocycles. The molecule has 48 heavy (non-hydrogen) atoms. The number of hydrogen-bond donors (Lipinski definition) is 0. The Morgan fingerprint density at radius 3 is 1.90 bits per heavy atom. The number of nitrogens with zero attached hydrogens (tertiary/aromatic N) is 2. The SMILES string of the molecule is [2H]C([2H])([2H])C([2H])([2H])c1nc2ccccc2n1-c1ccc2cc(-c3c4ccccc4c(-c4ccc5sc6ccccc6c5c4)c4ccccc34)ccc2c1. The third-order valence-corrected chi connectivity index (χ3v) is 10.8. The quantitative estimate of drug-likeness (QED) is 0.176. The van der Waals surface area contributed by atoms with Crippen LogP contribution < -0.4 is 0 Å². The van der Waals surface area contributed by atoms with Crippen molar-refractivity contribution in [2.45, 2.75) is 13.2 Å². The predicted octanol–water partition coefficient (Wildman–Crippen LogP) is 12.7. The van der Waals surface area contributed by atoms with Gasteiger partial charge in [-0.15, -0.1) is 11.3 Å². The van der Waals surface area contributed by atoms with Crippen LogP contribution in [0, 0.1) is 0 Å². The molecule has 10 aromatic rings. The molecule has 226 valence electrons. The Balaban J connectivity index is 1.16. The number of para-hydroxylation sites is 2. The zero-order chi connectivity index (χ0) is 36.1. The average Bonchev–Trinajstić information content (AvgIpc) is 3.75. The summed E-state index contributed by atoms with van der Waals surface area (Å²) in [6, 6.07) is 52.5. The minimum absolute atomic E-state index is 0.140. The van der Waals surface area contributed by atoms with Crippen molar-refractivity contribution in [2.75, 3.05) is 0 Å². The van der Waals surface area contributed by atoms with Gasteiger partial charge in [-0.2, -0.15) is 0 Å². The third-order valence-electron chi connectivity index (χ3n) is 9.64. The van der Waals surface area contributed by atoms with Crippen LogP contribution in [0.15, 0.2) is 152 Å². The molecule has 0 aliphatic carbocycles. The van der Waals surface area contributed by atoms with Crippen LogP contribution in [0.3, 0.4) is 0 Å². The third kappa shape index (κ3) is 4.08. The molecular formula is C45H30N2S. The minimum Gasteiger partial charge on any atom is -0.296 e. The number of fused-ring (bicyclic) bond motifs is 7. The van der Waals surface area contributed by atoms with Gasteiger partial charge >= 0.3 is 0 Å². The van der Waals surface area contributed by atoms with E-state index in [0.29, 0.717) is 16.7 Å². The van der Waals surface area contributed by atoms with Gasteiger partial charge in [-0.05, 0) is 103 Å². The fraction of sp³-hybridized carbons (Fsp3) is 0.0444. The lowest BCUT2D eigenvalue weighted by molar-refractivity contribution is 0.909. The van der Waals surface area contributed by atoms with Crippen molar-refractivity contribution in [1.82, 2.24) is 9.55 Å². The highest BCUT2D eigenvalue weighted by atomic mass is 32.1. The zero-order valence-corrected chi connectivity index (χ0v) is 26.6. The Labute approximate surface area is 289 Å².